The Morgan fingerprint density at radius 2 is 1.77 bits per heavy atom. The Balaban J connectivity index is 1.16. The summed E-state index contributed by atoms with van der Waals surface area (Å²) in [5.74, 6) is 2.08. The molecular weight excluding hydrogens is 396 g/mol. The van der Waals surface area contributed by atoms with Crippen molar-refractivity contribution in [3.63, 3.8) is 0 Å². The van der Waals surface area contributed by atoms with Crippen LogP contribution in [0, 0.1) is 23.7 Å². The topological polar surface area (TPSA) is 91.1 Å². The highest BCUT2D eigenvalue weighted by molar-refractivity contribution is 5.87. The standard InChI is InChI=1S/C24H36N2O5/c25-13-15-2-1-3-17(8-15)16-4-6-26(7-5-16)23(27)9-18-10-24(28)31-20-12-22-21(11-19(18)20)29-14-30-22/h10,15-17,19-22H,1-9,11-14,25H2. The lowest BCUT2D eigenvalue weighted by Crippen LogP contribution is -2.46. The van der Waals surface area contributed by atoms with Gasteiger partial charge >= 0.3 is 5.97 Å². The predicted molar refractivity (Wildman–Crippen MR) is 114 cm³/mol. The fourth-order valence-electron chi connectivity index (χ4n) is 6.69. The molecule has 5 rings (SSSR count). The molecule has 7 heteroatoms. The van der Waals surface area contributed by atoms with Gasteiger partial charge in [0, 0.05) is 37.9 Å². The van der Waals surface area contributed by atoms with Crippen molar-refractivity contribution in [2.45, 2.75) is 76.1 Å². The Bertz CT molecular complexity index is 717. The number of likely N-dealkylation sites (tertiary alicyclic amines) is 1. The first kappa shape index (κ1) is 21.4. The van der Waals surface area contributed by atoms with Gasteiger partial charge in [0.1, 0.15) is 12.9 Å². The third-order valence-electron chi connectivity index (χ3n) is 8.50. The molecule has 6 unspecified atom stereocenters. The Labute approximate surface area is 184 Å². The van der Waals surface area contributed by atoms with Crippen molar-refractivity contribution in [2.75, 3.05) is 26.4 Å². The lowest BCUT2D eigenvalue weighted by molar-refractivity contribution is -0.152. The molecule has 5 aliphatic rings. The molecular formula is C24H36N2O5. The van der Waals surface area contributed by atoms with Gasteiger partial charge in [-0.25, -0.2) is 4.79 Å². The van der Waals surface area contributed by atoms with Crippen LogP contribution in [0.2, 0.25) is 0 Å². The smallest absolute Gasteiger partial charge is 0.331 e. The summed E-state index contributed by atoms with van der Waals surface area (Å²) in [7, 11) is 0. The fourth-order valence-corrected chi connectivity index (χ4v) is 6.69. The number of esters is 1. The summed E-state index contributed by atoms with van der Waals surface area (Å²) >= 11 is 0. The Hall–Kier alpha value is -1.44. The van der Waals surface area contributed by atoms with Crippen molar-refractivity contribution in [3.8, 4) is 0 Å². The maximum Gasteiger partial charge on any atom is 0.331 e. The summed E-state index contributed by atoms with van der Waals surface area (Å²) in [5, 5.41) is 0. The van der Waals surface area contributed by atoms with Crippen molar-refractivity contribution in [2.24, 2.45) is 29.4 Å². The molecule has 31 heavy (non-hydrogen) atoms. The van der Waals surface area contributed by atoms with Crippen LogP contribution in [0.15, 0.2) is 11.6 Å². The number of carbonyl (C=O) groups is 2. The molecule has 2 saturated carbocycles. The van der Waals surface area contributed by atoms with Crippen molar-refractivity contribution < 1.29 is 23.8 Å². The zero-order chi connectivity index (χ0) is 21.4. The average molecular weight is 433 g/mol. The first-order valence-corrected chi connectivity index (χ1v) is 12.2. The molecule has 6 atom stereocenters. The fraction of sp³-hybridized carbons (Fsp3) is 0.833. The van der Waals surface area contributed by atoms with Crippen LogP contribution in [-0.4, -0.2) is 61.5 Å². The van der Waals surface area contributed by atoms with Gasteiger partial charge in [-0.2, -0.15) is 0 Å². The molecule has 3 aliphatic heterocycles. The van der Waals surface area contributed by atoms with Crippen LogP contribution in [-0.2, 0) is 23.8 Å². The van der Waals surface area contributed by atoms with E-state index in [4.69, 9.17) is 19.9 Å². The number of carbonyl (C=O) groups excluding carboxylic acids is 2. The van der Waals surface area contributed by atoms with E-state index in [0.29, 0.717) is 25.6 Å². The van der Waals surface area contributed by atoms with Crippen LogP contribution in [0.3, 0.4) is 0 Å². The van der Waals surface area contributed by atoms with E-state index < -0.39 is 0 Å². The molecule has 1 amide bonds. The minimum absolute atomic E-state index is 0.00165. The summed E-state index contributed by atoms with van der Waals surface area (Å²) in [6.45, 7) is 2.79. The van der Waals surface area contributed by atoms with Gasteiger partial charge in [-0.15, -0.1) is 0 Å². The number of amides is 1. The Morgan fingerprint density at radius 1 is 1.00 bits per heavy atom. The molecule has 172 valence electrons. The first-order valence-electron chi connectivity index (χ1n) is 12.2. The van der Waals surface area contributed by atoms with Crippen LogP contribution in [0.4, 0.5) is 0 Å². The van der Waals surface area contributed by atoms with Crippen LogP contribution in [0.1, 0.15) is 57.8 Å². The SMILES string of the molecule is NCC1CCCC(C2CCN(C(=O)CC3=CC(=O)OC4CC5OCOC5CC34)CC2)C1. The van der Waals surface area contributed by atoms with Gasteiger partial charge in [0.05, 0.1) is 12.2 Å². The molecule has 2 aliphatic carbocycles. The number of hydrogen-bond donors (Lipinski definition) is 1. The van der Waals surface area contributed by atoms with Gasteiger partial charge < -0.3 is 24.8 Å². The van der Waals surface area contributed by atoms with Crippen molar-refractivity contribution in [1.29, 1.82) is 0 Å². The summed E-state index contributed by atoms with van der Waals surface area (Å²) in [6, 6.07) is 0. The van der Waals surface area contributed by atoms with Gasteiger partial charge in [-0.05, 0) is 62.0 Å². The lowest BCUT2D eigenvalue weighted by Gasteiger charge is -2.41. The zero-order valence-corrected chi connectivity index (χ0v) is 18.4. The van der Waals surface area contributed by atoms with E-state index in [-0.39, 0.29) is 36.1 Å². The molecule has 2 N–H and O–H groups in total. The quantitative estimate of drug-likeness (QED) is 0.686. The lowest BCUT2D eigenvalue weighted by atomic mass is 9.72. The third-order valence-corrected chi connectivity index (χ3v) is 8.50. The largest absolute Gasteiger partial charge is 0.458 e. The van der Waals surface area contributed by atoms with Crippen molar-refractivity contribution >= 4 is 11.9 Å². The highest BCUT2D eigenvalue weighted by Gasteiger charge is 2.46. The molecule has 3 heterocycles. The van der Waals surface area contributed by atoms with Crippen molar-refractivity contribution in [3.05, 3.63) is 11.6 Å². The second kappa shape index (κ2) is 9.20. The van der Waals surface area contributed by atoms with Crippen LogP contribution < -0.4 is 5.73 Å². The maximum atomic E-state index is 13.1. The normalized spacial score (nSPS) is 38.8. The minimum Gasteiger partial charge on any atom is -0.458 e. The van der Waals surface area contributed by atoms with E-state index >= 15 is 0 Å². The Morgan fingerprint density at radius 3 is 2.55 bits per heavy atom. The third kappa shape index (κ3) is 4.55. The molecule has 2 saturated heterocycles. The van der Waals surface area contributed by atoms with Gasteiger partial charge in [-0.1, -0.05) is 12.8 Å². The van der Waals surface area contributed by atoms with Crippen LogP contribution in [0.5, 0.6) is 0 Å². The summed E-state index contributed by atoms with van der Waals surface area (Å²) in [4.78, 5) is 27.3. The number of nitrogens with zero attached hydrogens (tertiary/aromatic N) is 1. The molecule has 0 radical (unpaired) electrons. The number of rotatable bonds is 4. The summed E-state index contributed by atoms with van der Waals surface area (Å²) < 4.78 is 16.9. The highest BCUT2D eigenvalue weighted by Crippen LogP contribution is 2.41. The highest BCUT2D eigenvalue weighted by atomic mass is 16.7. The van der Waals surface area contributed by atoms with Crippen LogP contribution in [0.25, 0.3) is 0 Å². The summed E-state index contributed by atoms with van der Waals surface area (Å²) in [5.41, 5.74) is 6.84. The molecule has 0 spiro atoms. The van der Waals surface area contributed by atoms with E-state index in [1.807, 2.05) is 4.90 Å². The molecule has 4 fully saturated rings. The van der Waals surface area contributed by atoms with Gasteiger partial charge in [-0.3, -0.25) is 4.79 Å². The monoisotopic (exact) mass is 432 g/mol. The average Bonchev–Trinajstić information content (AvgIpc) is 3.25. The van der Waals surface area contributed by atoms with E-state index in [1.165, 1.54) is 25.7 Å². The Kier molecular flexibility index (Phi) is 6.35. The second-order valence-electron chi connectivity index (χ2n) is 10.2. The van der Waals surface area contributed by atoms with E-state index in [2.05, 4.69) is 0 Å². The molecule has 0 aromatic heterocycles. The molecule has 0 aromatic rings. The van der Waals surface area contributed by atoms with E-state index in [0.717, 1.165) is 56.3 Å². The second-order valence-corrected chi connectivity index (χ2v) is 10.2. The molecule has 7 nitrogen and oxygen atoms in total. The minimum atomic E-state index is -0.327. The first-order chi connectivity index (χ1) is 15.1. The summed E-state index contributed by atoms with van der Waals surface area (Å²) in [6.07, 6.45) is 10.5. The molecule has 0 bridgehead atoms. The van der Waals surface area contributed by atoms with E-state index in [9.17, 15) is 9.59 Å². The maximum absolute atomic E-state index is 13.1. The van der Waals surface area contributed by atoms with Gasteiger partial charge in [0.25, 0.3) is 0 Å². The molecule has 0 aromatic carbocycles. The number of nitrogens with two attached hydrogens (primary N) is 1. The van der Waals surface area contributed by atoms with Crippen LogP contribution >= 0.6 is 0 Å². The van der Waals surface area contributed by atoms with Gasteiger partial charge in [0.15, 0.2) is 0 Å². The van der Waals surface area contributed by atoms with E-state index in [1.54, 1.807) is 6.08 Å². The predicted octanol–water partition coefficient (Wildman–Crippen LogP) is 2.38. The number of fused-ring (bicyclic) bond motifs is 2. The number of piperidine rings is 1. The number of hydrogen-bond acceptors (Lipinski definition) is 6. The van der Waals surface area contributed by atoms with Crippen molar-refractivity contribution in [1.82, 2.24) is 4.90 Å². The van der Waals surface area contributed by atoms with Gasteiger partial charge in [0.2, 0.25) is 5.91 Å². The number of ether oxygens (including phenoxy) is 3. The zero-order valence-electron chi connectivity index (χ0n) is 18.4.